The maximum atomic E-state index is 11.9. The summed E-state index contributed by atoms with van der Waals surface area (Å²) in [6.07, 6.45) is 0. The zero-order chi connectivity index (χ0) is 14.0. The van der Waals surface area contributed by atoms with Crippen LogP contribution in [-0.2, 0) is 10.0 Å². The van der Waals surface area contributed by atoms with E-state index in [0.717, 1.165) is 11.0 Å². The predicted octanol–water partition coefficient (Wildman–Crippen LogP) is 2.20. The molecule has 0 fully saturated rings. The molecule has 1 heterocycles. The number of imidazole rings is 1. The molecule has 2 N–H and O–H groups in total. The molecule has 0 spiro atoms. The first kappa shape index (κ1) is 14.0. The van der Waals surface area contributed by atoms with E-state index in [1.807, 2.05) is 38.1 Å². The number of sulfonamides is 1. The Balaban J connectivity index is 2.18. The molecule has 19 heavy (non-hydrogen) atoms. The number of nitrogens with one attached hydrogen (secondary N) is 2. The Morgan fingerprint density at radius 2 is 1.95 bits per heavy atom. The Hall–Kier alpha value is -1.40. The third-order valence-electron chi connectivity index (χ3n) is 2.73. The minimum atomic E-state index is -3.28. The van der Waals surface area contributed by atoms with Crippen molar-refractivity contribution >= 4 is 21.1 Å². The van der Waals surface area contributed by atoms with E-state index in [2.05, 4.69) is 14.7 Å². The Kier molecular flexibility index (Phi) is 3.91. The third kappa shape index (κ3) is 3.54. The van der Waals surface area contributed by atoms with Gasteiger partial charge >= 0.3 is 0 Å². The summed E-state index contributed by atoms with van der Waals surface area (Å²) < 4.78 is 26.4. The van der Waals surface area contributed by atoms with Gasteiger partial charge in [-0.2, -0.15) is 0 Å². The highest BCUT2D eigenvalue weighted by Crippen LogP contribution is 2.16. The van der Waals surface area contributed by atoms with Crippen molar-refractivity contribution in [2.45, 2.75) is 26.8 Å². The summed E-state index contributed by atoms with van der Waals surface area (Å²) in [5.41, 5.74) is 1.75. The van der Waals surface area contributed by atoms with Crippen molar-refractivity contribution in [2.24, 2.45) is 5.92 Å². The molecular formula is C13H19N3O2S. The SMILES string of the molecule is CC(C)CS(=O)(=O)NC(C)c1nc2ccccc2[nH]1. The van der Waals surface area contributed by atoms with Gasteiger partial charge in [0.2, 0.25) is 10.0 Å². The Morgan fingerprint density at radius 3 is 2.58 bits per heavy atom. The topological polar surface area (TPSA) is 74.8 Å². The number of hydrogen-bond acceptors (Lipinski definition) is 3. The third-order valence-corrected chi connectivity index (χ3v) is 4.55. The summed E-state index contributed by atoms with van der Waals surface area (Å²) in [6, 6.07) is 7.26. The molecule has 1 aromatic carbocycles. The average molecular weight is 281 g/mol. The number of rotatable bonds is 5. The molecule has 2 aromatic rings. The first-order valence-corrected chi connectivity index (χ1v) is 7.97. The Bertz CT molecular complexity index is 628. The van der Waals surface area contributed by atoms with Crippen LogP contribution in [0, 0.1) is 5.92 Å². The molecule has 0 radical (unpaired) electrons. The van der Waals surface area contributed by atoms with Crippen LogP contribution >= 0.6 is 0 Å². The van der Waals surface area contributed by atoms with E-state index < -0.39 is 10.0 Å². The number of para-hydroxylation sites is 2. The highest BCUT2D eigenvalue weighted by molar-refractivity contribution is 7.89. The van der Waals surface area contributed by atoms with Gasteiger partial charge in [0, 0.05) is 0 Å². The highest BCUT2D eigenvalue weighted by Gasteiger charge is 2.19. The standard InChI is InChI=1S/C13H19N3O2S/c1-9(2)8-19(17,18)16-10(3)13-14-11-6-4-5-7-12(11)15-13/h4-7,9-10,16H,8H2,1-3H3,(H,14,15). The van der Waals surface area contributed by atoms with Gasteiger partial charge in [-0.3, -0.25) is 0 Å². The summed E-state index contributed by atoms with van der Waals surface area (Å²) in [6.45, 7) is 5.55. The number of aromatic amines is 1. The first-order valence-electron chi connectivity index (χ1n) is 6.32. The predicted molar refractivity (Wildman–Crippen MR) is 76.3 cm³/mol. The second kappa shape index (κ2) is 5.30. The van der Waals surface area contributed by atoms with Crippen molar-refractivity contribution in [1.29, 1.82) is 0 Å². The van der Waals surface area contributed by atoms with E-state index in [0.29, 0.717) is 5.82 Å². The van der Waals surface area contributed by atoms with Crippen LogP contribution in [0.5, 0.6) is 0 Å². The minimum absolute atomic E-state index is 0.0976. The van der Waals surface area contributed by atoms with Crippen molar-refractivity contribution in [3.8, 4) is 0 Å². The number of aromatic nitrogens is 2. The van der Waals surface area contributed by atoms with Crippen molar-refractivity contribution < 1.29 is 8.42 Å². The highest BCUT2D eigenvalue weighted by atomic mass is 32.2. The van der Waals surface area contributed by atoms with Gasteiger partial charge in [-0.05, 0) is 25.0 Å². The molecule has 0 aliphatic heterocycles. The summed E-state index contributed by atoms with van der Waals surface area (Å²) in [5, 5.41) is 0. The summed E-state index contributed by atoms with van der Waals surface area (Å²) in [4.78, 5) is 7.53. The lowest BCUT2D eigenvalue weighted by molar-refractivity contribution is 0.550. The summed E-state index contributed by atoms with van der Waals surface area (Å²) in [7, 11) is -3.28. The van der Waals surface area contributed by atoms with Gasteiger partial charge in [0.25, 0.3) is 0 Å². The smallest absolute Gasteiger partial charge is 0.212 e. The summed E-state index contributed by atoms with van der Waals surface area (Å²) in [5.74, 6) is 0.853. The fourth-order valence-electron chi connectivity index (χ4n) is 1.99. The number of H-pyrrole nitrogens is 1. The maximum absolute atomic E-state index is 11.9. The number of fused-ring (bicyclic) bond motifs is 1. The van der Waals surface area contributed by atoms with E-state index in [4.69, 9.17) is 0 Å². The van der Waals surface area contributed by atoms with Crippen LogP contribution < -0.4 is 4.72 Å². The summed E-state index contributed by atoms with van der Waals surface area (Å²) >= 11 is 0. The van der Waals surface area contributed by atoms with Gasteiger partial charge in [0.15, 0.2) is 0 Å². The number of benzene rings is 1. The van der Waals surface area contributed by atoms with Crippen LogP contribution in [0.3, 0.4) is 0 Å². The number of nitrogens with zero attached hydrogens (tertiary/aromatic N) is 1. The second-order valence-corrected chi connectivity index (χ2v) is 6.95. The average Bonchev–Trinajstić information content (AvgIpc) is 2.69. The molecule has 1 aromatic heterocycles. The number of hydrogen-bond donors (Lipinski definition) is 2. The van der Waals surface area contributed by atoms with Crippen molar-refractivity contribution in [3.63, 3.8) is 0 Å². The van der Waals surface area contributed by atoms with E-state index >= 15 is 0 Å². The zero-order valence-corrected chi connectivity index (χ0v) is 12.2. The molecule has 0 saturated heterocycles. The molecule has 0 aliphatic rings. The van der Waals surface area contributed by atoms with Crippen LogP contribution in [0.25, 0.3) is 11.0 Å². The van der Waals surface area contributed by atoms with Gasteiger partial charge in [0.05, 0.1) is 22.8 Å². The normalized spacial score (nSPS) is 14.1. The fraction of sp³-hybridized carbons (Fsp3) is 0.462. The Labute approximate surface area is 113 Å². The van der Waals surface area contributed by atoms with E-state index in [-0.39, 0.29) is 17.7 Å². The quantitative estimate of drug-likeness (QED) is 0.882. The van der Waals surface area contributed by atoms with Crippen LogP contribution in [-0.4, -0.2) is 24.1 Å². The second-order valence-electron chi connectivity index (χ2n) is 5.15. The van der Waals surface area contributed by atoms with Crippen molar-refractivity contribution in [1.82, 2.24) is 14.7 Å². The zero-order valence-electron chi connectivity index (χ0n) is 11.3. The monoisotopic (exact) mass is 281 g/mol. The molecule has 1 atom stereocenters. The van der Waals surface area contributed by atoms with Gasteiger partial charge in [0.1, 0.15) is 5.82 Å². The van der Waals surface area contributed by atoms with Gasteiger partial charge in [-0.15, -0.1) is 0 Å². The lowest BCUT2D eigenvalue weighted by atomic mass is 10.3. The van der Waals surface area contributed by atoms with Crippen LogP contribution in [0.15, 0.2) is 24.3 Å². The molecule has 0 amide bonds. The minimum Gasteiger partial charge on any atom is -0.341 e. The van der Waals surface area contributed by atoms with E-state index in [9.17, 15) is 8.42 Å². The molecule has 0 aliphatic carbocycles. The van der Waals surface area contributed by atoms with Crippen molar-refractivity contribution in [3.05, 3.63) is 30.1 Å². The molecule has 1 unspecified atom stereocenters. The van der Waals surface area contributed by atoms with Crippen LogP contribution in [0.4, 0.5) is 0 Å². The van der Waals surface area contributed by atoms with E-state index in [1.165, 1.54) is 0 Å². The maximum Gasteiger partial charge on any atom is 0.212 e. The van der Waals surface area contributed by atoms with Crippen molar-refractivity contribution in [2.75, 3.05) is 5.75 Å². The molecule has 2 rings (SSSR count). The van der Waals surface area contributed by atoms with E-state index in [1.54, 1.807) is 6.92 Å². The molecular weight excluding hydrogens is 262 g/mol. The first-order chi connectivity index (χ1) is 8.87. The molecule has 5 nitrogen and oxygen atoms in total. The van der Waals surface area contributed by atoms with Crippen LogP contribution in [0.1, 0.15) is 32.6 Å². The lowest BCUT2D eigenvalue weighted by Gasteiger charge is -2.13. The van der Waals surface area contributed by atoms with Crippen LogP contribution in [0.2, 0.25) is 0 Å². The fourth-order valence-corrected chi connectivity index (χ4v) is 3.61. The molecule has 0 bridgehead atoms. The Morgan fingerprint density at radius 1 is 1.26 bits per heavy atom. The van der Waals surface area contributed by atoms with Gasteiger partial charge in [-0.25, -0.2) is 18.1 Å². The molecule has 104 valence electrons. The molecule has 0 saturated carbocycles. The molecule has 6 heteroatoms. The van der Waals surface area contributed by atoms with Gasteiger partial charge in [-0.1, -0.05) is 26.0 Å². The van der Waals surface area contributed by atoms with Gasteiger partial charge < -0.3 is 4.98 Å². The largest absolute Gasteiger partial charge is 0.341 e. The lowest BCUT2D eigenvalue weighted by Crippen LogP contribution is -2.31.